The number of ether oxygens (including phenoxy) is 1. The van der Waals surface area contributed by atoms with Crippen molar-refractivity contribution in [1.82, 2.24) is 15.1 Å². The number of aliphatic hydroxyl groups is 1. The quantitative estimate of drug-likeness (QED) is 0.608. The van der Waals surface area contributed by atoms with Crippen LogP contribution in [0.4, 0.5) is 0 Å². The Bertz CT molecular complexity index is 377. The number of unbranched alkanes of at least 4 members (excludes halogenated alkanes) is 3. The Morgan fingerprint density at radius 1 is 1.20 bits per heavy atom. The number of aryl methyl sites for hydroxylation is 2. The lowest BCUT2D eigenvalue weighted by Gasteiger charge is -2.06. The van der Waals surface area contributed by atoms with Gasteiger partial charge < -0.3 is 15.2 Å². The number of hydrogen-bond donors (Lipinski definition) is 2. The van der Waals surface area contributed by atoms with Crippen molar-refractivity contribution in [2.75, 3.05) is 26.9 Å². The Labute approximate surface area is 122 Å². The number of aliphatic hydroxyl groups excluding tert-OH is 1. The fourth-order valence-electron chi connectivity index (χ4n) is 2.32. The first-order chi connectivity index (χ1) is 9.70. The van der Waals surface area contributed by atoms with Gasteiger partial charge in [-0.05, 0) is 26.7 Å². The predicted molar refractivity (Wildman–Crippen MR) is 80.8 cm³/mol. The molecule has 0 bridgehead atoms. The van der Waals surface area contributed by atoms with Gasteiger partial charge >= 0.3 is 0 Å². The minimum Gasteiger partial charge on any atom is -0.396 e. The molecule has 0 aliphatic heterocycles. The van der Waals surface area contributed by atoms with Crippen LogP contribution in [-0.4, -0.2) is 41.8 Å². The molecule has 0 aliphatic carbocycles. The third-order valence-electron chi connectivity index (χ3n) is 3.59. The van der Waals surface area contributed by atoms with E-state index in [0.717, 1.165) is 57.6 Å². The molecule has 20 heavy (non-hydrogen) atoms. The summed E-state index contributed by atoms with van der Waals surface area (Å²) in [5.41, 5.74) is 3.67. The number of aromatic nitrogens is 2. The Hall–Kier alpha value is -0.910. The molecule has 0 fully saturated rings. The van der Waals surface area contributed by atoms with E-state index in [-0.39, 0.29) is 0 Å². The van der Waals surface area contributed by atoms with E-state index in [9.17, 15) is 0 Å². The normalized spacial score (nSPS) is 11.2. The van der Waals surface area contributed by atoms with E-state index < -0.39 is 0 Å². The fraction of sp³-hybridized carbons (Fsp3) is 0.800. The molecule has 0 aliphatic rings. The van der Waals surface area contributed by atoms with Gasteiger partial charge in [-0.25, -0.2) is 0 Å². The topological polar surface area (TPSA) is 59.3 Å². The second-order valence-corrected chi connectivity index (χ2v) is 5.18. The summed E-state index contributed by atoms with van der Waals surface area (Å²) in [4.78, 5) is 0. The number of hydrogen-bond acceptors (Lipinski definition) is 4. The van der Waals surface area contributed by atoms with E-state index >= 15 is 0 Å². The molecule has 0 saturated carbocycles. The zero-order valence-electron chi connectivity index (χ0n) is 13.1. The van der Waals surface area contributed by atoms with Gasteiger partial charge in [-0.1, -0.05) is 12.8 Å². The van der Waals surface area contributed by atoms with Gasteiger partial charge in [0.25, 0.3) is 0 Å². The molecule has 1 aromatic heterocycles. The molecule has 1 rings (SSSR count). The standard InChI is InChI=1S/C15H29N3O2/c1-13-15(12-16-8-11-20-3)14(2)18(17-13)9-6-4-5-7-10-19/h16,19H,4-12H2,1-3H3. The van der Waals surface area contributed by atoms with E-state index in [0.29, 0.717) is 6.61 Å². The molecule has 5 nitrogen and oxygen atoms in total. The second-order valence-electron chi connectivity index (χ2n) is 5.18. The number of rotatable bonds is 11. The molecule has 5 heteroatoms. The van der Waals surface area contributed by atoms with E-state index in [1.54, 1.807) is 7.11 Å². The monoisotopic (exact) mass is 283 g/mol. The predicted octanol–water partition coefficient (Wildman–Crippen LogP) is 1.79. The Morgan fingerprint density at radius 3 is 2.65 bits per heavy atom. The molecule has 0 radical (unpaired) electrons. The van der Waals surface area contributed by atoms with E-state index in [4.69, 9.17) is 9.84 Å². The van der Waals surface area contributed by atoms with Gasteiger partial charge in [-0.15, -0.1) is 0 Å². The lowest BCUT2D eigenvalue weighted by molar-refractivity contribution is 0.199. The van der Waals surface area contributed by atoms with Gasteiger partial charge in [0.05, 0.1) is 12.3 Å². The van der Waals surface area contributed by atoms with E-state index in [1.165, 1.54) is 11.3 Å². The van der Waals surface area contributed by atoms with Gasteiger partial charge in [0.15, 0.2) is 0 Å². The van der Waals surface area contributed by atoms with Crippen molar-refractivity contribution in [2.45, 2.75) is 52.6 Å². The smallest absolute Gasteiger partial charge is 0.0641 e. The first kappa shape index (κ1) is 17.1. The fourth-order valence-corrected chi connectivity index (χ4v) is 2.32. The molecule has 0 aromatic carbocycles. The third-order valence-corrected chi connectivity index (χ3v) is 3.59. The summed E-state index contributed by atoms with van der Waals surface area (Å²) >= 11 is 0. The molecule has 1 aromatic rings. The Morgan fingerprint density at radius 2 is 1.95 bits per heavy atom. The van der Waals surface area contributed by atoms with Gasteiger partial charge in [0.1, 0.15) is 0 Å². The van der Waals surface area contributed by atoms with Crippen LogP contribution in [0.2, 0.25) is 0 Å². The molecular weight excluding hydrogens is 254 g/mol. The van der Waals surface area contributed by atoms with Crippen LogP contribution in [-0.2, 0) is 17.8 Å². The number of nitrogens with one attached hydrogen (secondary N) is 1. The van der Waals surface area contributed by atoms with Crippen molar-refractivity contribution in [2.24, 2.45) is 0 Å². The SMILES string of the molecule is COCCNCc1c(C)nn(CCCCCCO)c1C. The second kappa shape index (κ2) is 9.91. The summed E-state index contributed by atoms with van der Waals surface area (Å²) in [6.45, 7) is 7.93. The minimum atomic E-state index is 0.303. The average Bonchev–Trinajstić information content (AvgIpc) is 2.70. The summed E-state index contributed by atoms with van der Waals surface area (Å²) in [5.74, 6) is 0. The lowest BCUT2D eigenvalue weighted by atomic mass is 10.2. The van der Waals surface area contributed by atoms with Gasteiger partial charge in [0, 0.05) is 44.6 Å². The highest BCUT2D eigenvalue weighted by atomic mass is 16.5. The summed E-state index contributed by atoms with van der Waals surface area (Å²) < 4.78 is 7.14. The maximum atomic E-state index is 8.75. The zero-order chi connectivity index (χ0) is 14.8. The van der Waals surface area contributed by atoms with E-state index in [1.807, 2.05) is 0 Å². The van der Waals surface area contributed by atoms with Crippen molar-refractivity contribution < 1.29 is 9.84 Å². The Kier molecular flexibility index (Phi) is 8.49. The third kappa shape index (κ3) is 5.61. The lowest BCUT2D eigenvalue weighted by Crippen LogP contribution is -2.19. The van der Waals surface area contributed by atoms with Crippen LogP contribution in [0.25, 0.3) is 0 Å². The molecule has 0 unspecified atom stereocenters. The summed E-state index contributed by atoms with van der Waals surface area (Å²) in [7, 11) is 1.72. The molecular formula is C15H29N3O2. The van der Waals surface area contributed by atoms with Crippen LogP contribution < -0.4 is 5.32 Å². The highest BCUT2D eigenvalue weighted by Crippen LogP contribution is 2.14. The van der Waals surface area contributed by atoms with Gasteiger partial charge in [-0.3, -0.25) is 4.68 Å². The highest BCUT2D eigenvalue weighted by molar-refractivity contribution is 5.24. The highest BCUT2D eigenvalue weighted by Gasteiger charge is 2.10. The Balaban J connectivity index is 2.40. The molecule has 116 valence electrons. The summed E-state index contributed by atoms with van der Waals surface area (Å²) in [5, 5.41) is 16.8. The molecule has 0 atom stereocenters. The van der Waals surface area contributed by atoms with Crippen molar-refractivity contribution in [3.8, 4) is 0 Å². The van der Waals surface area contributed by atoms with Crippen LogP contribution >= 0.6 is 0 Å². The van der Waals surface area contributed by atoms with Crippen molar-refractivity contribution >= 4 is 0 Å². The van der Waals surface area contributed by atoms with Crippen LogP contribution in [0.1, 0.15) is 42.6 Å². The van der Waals surface area contributed by atoms with Gasteiger partial charge in [0.2, 0.25) is 0 Å². The molecule has 0 spiro atoms. The number of methoxy groups -OCH3 is 1. The van der Waals surface area contributed by atoms with Crippen LogP contribution in [0, 0.1) is 13.8 Å². The molecule has 1 heterocycles. The molecule has 0 amide bonds. The number of nitrogens with zero attached hydrogens (tertiary/aromatic N) is 2. The van der Waals surface area contributed by atoms with Crippen molar-refractivity contribution in [3.05, 3.63) is 17.0 Å². The molecule has 0 saturated heterocycles. The van der Waals surface area contributed by atoms with Crippen molar-refractivity contribution in [3.63, 3.8) is 0 Å². The zero-order valence-corrected chi connectivity index (χ0v) is 13.1. The van der Waals surface area contributed by atoms with Gasteiger partial charge in [-0.2, -0.15) is 5.10 Å². The maximum Gasteiger partial charge on any atom is 0.0641 e. The minimum absolute atomic E-state index is 0.303. The average molecular weight is 283 g/mol. The maximum absolute atomic E-state index is 8.75. The first-order valence-electron chi connectivity index (χ1n) is 7.54. The van der Waals surface area contributed by atoms with Crippen LogP contribution in [0.3, 0.4) is 0 Å². The first-order valence-corrected chi connectivity index (χ1v) is 7.54. The van der Waals surface area contributed by atoms with Crippen molar-refractivity contribution in [1.29, 1.82) is 0 Å². The largest absolute Gasteiger partial charge is 0.396 e. The van der Waals surface area contributed by atoms with Crippen LogP contribution in [0.5, 0.6) is 0 Å². The van der Waals surface area contributed by atoms with Crippen LogP contribution in [0.15, 0.2) is 0 Å². The molecule has 2 N–H and O–H groups in total. The summed E-state index contributed by atoms with van der Waals surface area (Å²) in [6.07, 6.45) is 4.28. The summed E-state index contributed by atoms with van der Waals surface area (Å²) in [6, 6.07) is 0. The van der Waals surface area contributed by atoms with E-state index in [2.05, 4.69) is 28.9 Å².